The monoisotopic (exact) mass is 582 g/mol. The van der Waals surface area contributed by atoms with Crippen LogP contribution in [0.5, 0.6) is 0 Å². The van der Waals surface area contributed by atoms with E-state index < -0.39 is 6.23 Å². The van der Waals surface area contributed by atoms with E-state index in [0.29, 0.717) is 6.54 Å². The molecule has 0 amide bonds. The van der Waals surface area contributed by atoms with Gasteiger partial charge in [-0.15, -0.1) is 0 Å². The third-order valence-electron chi connectivity index (χ3n) is 7.51. The summed E-state index contributed by atoms with van der Waals surface area (Å²) in [5.74, 6) is 0.933. The summed E-state index contributed by atoms with van der Waals surface area (Å²) in [5.41, 5.74) is 5.11. The van der Waals surface area contributed by atoms with E-state index in [9.17, 15) is 5.11 Å². The second-order valence-corrected chi connectivity index (χ2v) is 10.9. The number of pyridine rings is 1. The van der Waals surface area contributed by atoms with E-state index in [1.807, 2.05) is 53.2 Å². The number of aliphatic hydroxyl groups is 1. The molecule has 0 aliphatic carbocycles. The zero-order chi connectivity index (χ0) is 26.6. The molecule has 1 aliphatic heterocycles. The number of halogens is 1. The van der Waals surface area contributed by atoms with Crippen LogP contribution in [0.1, 0.15) is 47.1 Å². The fraction of sp³-hybridized carbons (Fsp3) is 0.258. The van der Waals surface area contributed by atoms with Crippen LogP contribution in [0, 0.1) is 0 Å². The highest BCUT2D eigenvalue weighted by atomic mass is 79.9. The molecule has 0 radical (unpaired) electrons. The molecule has 0 saturated carbocycles. The van der Waals surface area contributed by atoms with Gasteiger partial charge in [-0.05, 0) is 51.5 Å². The summed E-state index contributed by atoms with van der Waals surface area (Å²) in [6.07, 6.45) is 6.78. The molecule has 8 heteroatoms. The molecule has 5 aromatic rings. The van der Waals surface area contributed by atoms with E-state index >= 15 is 0 Å². The molecule has 198 valence electrons. The van der Waals surface area contributed by atoms with Crippen molar-refractivity contribution in [3.63, 3.8) is 0 Å². The number of hydrogen-bond donors (Lipinski definition) is 2. The highest BCUT2D eigenvalue weighted by molar-refractivity contribution is 9.10. The Balaban J connectivity index is 1.28. The van der Waals surface area contributed by atoms with Gasteiger partial charge in [0.2, 0.25) is 0 Å². The first kappa shape index (κ1) is 25.7. The van der Waals surface area contributed by atoms with E-state index in [1.165, 1.54) is 0 Å². The molecule has 0 spiro atoms. The number of aromatic nitrogens is 4. The van der Waals surface area contributed by atoms with Gasteiger partial charge in [-0.1, -0.05) is 66.7 Å². The smallest absolute Gasteiger partial charge is 0.171 e. The maximum atomic E-state index is 11.8. The van der Waals surface area contributed by atoms with E-state index in [4.69, 9.17) is 4.98 Å². The van der Waals surface area contributed by atoms with Gasteiger partial charge in [0, 0.05) is 49.9 Å². The molecule has 4 heterocycles. The maximum absolute atomic E-state index is 11.8. The number of anilines is 1. The Morgan fingerprint density at radius 3 is 2.41 bits per heavy atom. The standard InChI is InChI=1S/C31H31BrN6O/c32-26-20-35-38-28(34-19-22-9-7-15-33-18-22)17-27(36-30(26)38)25-14-8-16-37(21-25)31(39)29(23-10-3-1-4-11-23)24-12-5-2-6-13-24/h1-7,9-13,15,17-18,20,25,29,31,34,39H,8,14,16,19,21H2. The van der Waals surface area contributed by atoms with Crippen molar-refractivity contribution in [3.8, 4) is 0 Å². The van der Waals surface area contributed by atoms with Crippen LogP contribution in [0.25, 0.3) is 5.65 Å². The van der Waals surface area contributed by atoms with Gasteiger partial charge in [0.05, 0.1) is 16.4 Å². The van der Waals surface area contributed by atoms with Gasteiger partial charge in [-0.2, -0.15) is 9.61 Å². The fourth-order valence-corrected chi connectivity index (χ4v) is 5.89. The largest absolute Gasteiger partial charge is 0.377 e. The summed E-state index contributed by atoms with van der Waals surface area (Å²) in [4.78, 5) is 11.5. The van der Waals surface area contributed by atoms with Crippen molar-refractivity contribution in [1.29, 1.82) is 0 Å². The molecular weight excluding hydrogens is 552 g/mol. The summed E-state index contributed by atoms with van der Waals surface area (Å²) in [6, 6.07) is 26.7. The molecule has 39 heavy (non-hydrogen) atoms. The molecule has 7 nitrogen and oxygen atoms in total. The first-order valence-corrected chi connectivity index (χ1v) is 14.2. The maximum Gasteiger partial charge on any atom is 0.171 e. The summed E-state index contributed by atoms with van der Waals surface area (Å²) in [7, 11) is 0. The molecule has 1 fully saturated rings. The van der Waals surface area contributed by atoms with Gasteiger partial charge >= 0.3 is 0 Å². The molecule has 6 rings (SSSR count). The lowest BCUT2D eigenvalue weighted by Gasteiger charge is -2.39. The quantitative estimate of drug-likeness (QED) is 0.240. The zero-order valence-corrected chi connectivity index (χ0v) is 23.2. The predicted molar refractivity (Wildman–Crippen MR) is 157 cm³/mol. The highest BCUT2D eigenvalue weighted by Crippen LogP contribution is 2.35. The number of benzene rings is 2. The van der Waals surface area contributed by atoms with E-state index in [-0.39, 0.29) is 11.8 Å². The lowest BCUT2D eigenvalue weighted by Crippen LogP contribution is -2.45. The Morgan fingerprint density at radius 1 is 0.974 bits per heavy atom. The van der Waals surface area contributed by atoms with Crippen molar-refractivity contribution >= 4 is 27.4 Å². The Hall–Kier alpha value is -3.59. The van der Waals surface area contributed by atoms with Crippen molar-refractivity contribution in [2.24, 2.45) is 0 Å². The molecular formula is C31H31BrN6O. The van der Waals surface area contributed by atoms with Crippen molar-refractivity contribution in [2.75, 3.05) is 18.4 Å². The number of rotatable bonds is 8. The lowest BCUT2D eigenvalue weighted by atomic mass is 9.87. The summed E-state index contributed by atoms with van der Waals surface area (Å²) in [5, 5.41) is 19.9. The van der Waals surface area contributed by atoms with E-state index in [2.05, 4.69) is 72.6 Å². The Bertz CT molecular complexity index is 1470. The van der Waals surface area contributed by atoms with Crippen molar-refractivity contribution in [3.05, 3.63) is 124 Å². The summed E-state index contributed by atoms with van der Waals surface area (Å²) >= 11 is 3.63. The molecule has 2 aromatic carbocycles. The minimum atomic E-state index is -0.647. The van der Waals surface area contributed by atoms with E-state index in [0.717, 1.165) is 64.3 Å². The van der Waals surface area contributed by atoms with Gasteiger partial charge in [-0.25, -0.2) is 4.98 Å². The van der Waals surface area contributed by atoms with Crippen LogP contribution in [-0.2, 0) is 6.54 Å². The van der Waals surface area contributed by atoms with Crippen LogP contribution in [0.15, 0.2) is 102 Å². The second-order valence-electron chi connectivity index (χ2n) is 10.1. The van der Waals surface area contributed by atoms with Crippen LogP contribution in [0.3, 0.4) is 0 Å². The van der Waals surface area contributed by atoms with Crippen LogP contribution in [0.2, 0.25) is 0 Å². The predicted octanol–water partition coefficient (Wildman–Crippen LogP) is 5.83. The normalized spacial score (nSPS) is 16.9. The molecule has 3 aromatic heterocycles. The van der Waals surface area contributed by atoms with Crippen molar-refractivity contribution in [1.82, 2.24) is 24.5 Å². The summed E-state index contributed by atoms with van der Waals surface area (Å²) < 4.78 is 2.69. The highest BCUT2D eigenvalue weighted by Gasteiger charge is 2.33. The molecule has 2 N–H and O–H groups in total. The lowest BCUT2D eigenvalue weighted by molar-refractivity contribution is -0.0240. The van der Waals surface area contributed by atoms with E-state index in [1.54, 1.807) is 12.4 Å². The third kappa shape index (κ3) is 5.59. The number of piperidine rings is 1. The Kier molecular flexibility index (Phi) is 7.67. The molecule has 1 saturated heterocycles. The first-order chi connectivity index (χ1) is 19.2. The minimum absolute atomic E-state index is 0.137. The van der Waals surface area contributed by atoms with Crippen LogP contribution < -0.4 is 5.32 Å². The first-order valence-electron chi connectivity index (χ1n) is 13.4. The molecule has 0 bridgehead atoms. The number of aliphatic hydroxyl groups excluding tert-OH is 1. The average molecular weight is 584 g/mol. The van der Waals surface area contributed by atoms with Crippen molar-refractivity contribution < 1.29 is 5.11 Å². The molecule has 2 unspecified atom stereocenters. The number of fused-ring (bicyclic) bond motifs is 1. The SMILES string of the molecule is OC(C(c1ccccc1)c1ccccc1)N1CCCC(c2cc(NCc3cccnc3)n3ncc(Br)c3n2)C1. The van der Waals surface area contributed by atoms with Crippen LogP contribution in [-0.4, -0.2) is 48.9 Å². The molecule has 2 atom stereocenters. The number of nitrogens with zero attached hydrogens (tertiary/aromatic N) is 5. The minimum Gasteiger partial charge on any atom is -0.377 e. The van der Waals surface area contributed by atoms with Crippen LogP contribution >= 0.6 is 15.9 Å². The Labute approximate surface area is 236 Å². The number of hydrogen-bond acceptors (Lipinski definition) is 6. The summed E-state index contributed by atoms with van der Waals surface area (Å²) in [6.45, 7) is 2.21. The number of likely N-dealkylation sites (tertiary alicyclic amines) is 1. The average Bonchev–Trinajstić information content (AvgIpc) is 3.38. The zero-order valence-electron chi connectivity index (χ0n) is 21.6. The van der Waals surface area contributed by atoms with Crippen LogP contribution in [0.4, 0.5) is 5.82 Å². The van der Waals surface area contributed by atoms with Gasteiger partial charge < -0.3 is 10.4 Å². The van der Waals surface area contributed by atoms with Gasteiger partial charge in [0.1, 0.15) is 12.0 Å². The van der Waals surface area contributed by atoms with Crippen molar-refractivity contribution in [2.45, 2.75) is 37.5 Å². The topological polar surface area (TPSA) is 78.6 Å². The second kappa shape index (κ2) is 11.7. The fourth-order valence-electron chi connectivity index (χ4n) is 5.54. The van der Waals surface area contributed by atoms with Gasteiger partial charge in [0.15, 0.2) is 5.65 Å². The van der Waals surface area contributed by atoms with Gasteiger partial charge in [-0.3, -0.25) is 9.88 Å². The Morgan fingerprint density at radius 2 is 1.72 bits per heavy atom. The molecule has 1 aliphatic rings. The van der Waals surface area contributed by atoms with Gasteiger partial charge in [0.25, 0.3) is 0 Å². The number of nitrogens with one attached hydrogen (secondary N) is 1. The third-order valence-corrected chi connectivity index (χ3v) is 8.07.